The van der Waals surface area contributed by atoms with E-state index in [4.69, 9.17) is 4.74 Å². The Hall–Kier alpha value is -2.27. The number of piperidine rings is 1. The number of hydrogen-bond donors (Lipinski definition) is 2. The smallest absolute Gasteiger partial charge is 0.162 e. The Balaban J connectivity index is 1.62. The minimum atomic E-state index is -0.222. The molecule has 2 aromatic carbocycles. The van der Waals surface area contributed by atoms with Crippen LogP contribution in [0.5, 0.6) is 11.5 Å². The zero-order chi connectivity index (χ0) is 17.6. The maximum atomic E-state index is 13.0. The van der Waals surface area contributed by atoms with E-state index in [0.717, 1.165) is 37.2 Å². The molecule has 1 fully saturated rings. The number of aromatic hydroxyl groups is 1. The van der Waals surface area contributed by atoms with E-state index in [-0.39, 0.29) is 11.6 Å². The molecule has 0 bridgehead atoms. The van der Waals surface area contributed by atoms with E-state index in [0.29, 0.717) is 24.9 Å². The fraction of sp³-hybridized carbons (Fsp3) is 0.400. The molecule has 1 saturated heterocycles. The van der Waals surface area contributed by atoms with Crippen LogP contribution in [0.15, 0.2) is 42.5 Å². The van der Waals surface area contributed by atoms with Crippen molar-refractivity contribution in [2.75, 3.05) is 25.0 Å². The molecule has 0 unspecified atom stereocenters. The molecule has 4 nitrogen and oxygen atoms in total. The number of phenolic OH excluding ortho intramolecular Hbond substituents is 1. The van der Waals surface area contributed by atoms with Crippen LogP contribution in [0.4, 0.5) is 10.1 Å². The number of ether oxygens (including phenoxy) is 1. The zero-order valence-electron chi connectivity index (χ0n) is 14.5. The molecular formula is C20H25FN2O2. The normalized spacial score (nSPS) is 18.1. The van der Waals surface area contributed by atoms with Crippen LogP contribution < -0.4 is 10.1 Å². The third-order valence-corrected chi connectivity index (χ3v) is 4.50. The minimum Gasteiger partial charge on any atom is -0.504 e. The number of nitrogens with one attached hydrogen (secondary N) is 1. The zero-order valence-corrected chi connectivity index (χ0v) is 14.5. The van der Waals surface area contributed by atoms with Crippen LogP contribution in [0.25, 0.3) is 0 Å². The molecule has 5 heteroatoms. The standard InChI is InChI=1S/C20H25FN2O2/c1-2-25-19-7-3-5-15(20(19)24)13-23-12-4-6-18(14-23)22-17-10-8-16(21)9-11-17/h3,5,7-11,18,22,24H,2,4,6,12-14H2,1H3/t18-/m1/s1. The molecule has 134 valence electrons. The largest absolute Gasteiger partial charge is 0.504 e. The highest BCUT2D eigenvalue weighted by molar-refractivity contribution is 5.46. The predicted molar refractivity (Wildman–Crippen MR) is 97.6 cm³/mol. The number of likely N-dealkylation sites (tertiary alicyclic amines) is 1. The van der Waals surface area contributed by atoms with Crippen LogP contribution in [0.3, 0.4) is 0 Å². The molecule has 2 aromatic rings. The first-order valence-corrected chi connectivity index (χ1v) is 8.84. The fourth-order valence-corrected chi connectivity index (χ4v) is 3.31. The summed E-state index contributed by atoms with van der Waals surface area (Å²) in [6.07, 6.45) is 2.17. The van der Waals surface area contributed by atoms with E-state index in [1.807, 2.05) is 19.1 Å². The number of halogens is 1. The maximum Gasteiger partial charge on any atom is 0.162 e. The van der Waals surface area contributed by atoms with E-state index < -0.39 is 0 Å². The Morgan fingerprint density at radius 3 is 2.80 bits per heavy atom. The Labute approximate surface area is 148 Å². The van der Waals surface area contributed by atoms with Crippen molar-refractivity contribution in [2.24, 2.45) is 0 Å². The molecule has 0 saturated carbocycles. The monoisotopic (exact) mass is 344 g/mol. The van der Waals surface area contributed by atoms with E-state index in [2.05, 4.69) is 10.2 Å². The van der Waals surface area contributed by atoms with Crippen LogP contribution >= 0.6 is 0 Å². The Bertz CT molecular complexity index is 691. The summed E-state index contributed by atoms with van der Waals surface area (Å²) in [4.78, 5) is 2.33. The van der Waals surface area contributed by atoms with Crippen molar-refractivity contribution in [3.63, 3.8) is 0 Å². The van der Waals surface area contributed by atoms with Crippen LogP contribution in [-0.4, -0.2) is 35.7 Å². The van der Waals surface area contributed by atoms with Crippen molar-refractivity contribution < 1.29 is 14.2 Å². The number of para-hydroxylation sites is 1. The summed E-state index contributed by atoms with van der Waals surface area (Å²) in [5.41, 5.74) is 1.82. The van der Waals surface area contributed by atoms with Crippen molar-refractivity contribution >= 4 is 5.69 Å². The number of anilines is 1. The number of benzene rings is 2. The van der Waals surface area contributed by atoms with Gasteiger partial charge in [0.15, 0.2) is 11.5 Å². The molecule has 0 aromatic heterocycles. The SMILES string of the molecule is CCOc1cccc(CN2CCC[C@@H](Nc3ccc(F)cc3)C2)c1O. The third-order valence-electron chi connectivity index (χ3n) is 4.50. The number of phenols is 1. The van der Waals surface area contributed by atoms with Crippen LogP contribution in [0, 0.1) is 5.82 Å². The molecule has 3 rings (SSSR count). The summed E-state index contributed by atoms with van der Waals surface area (Å²) < 4.78 is 18.5. The molecule has 25 heavy (non-hydrogen) atoms. The van der Waals surface area contributed by atoms with Gasteiger partial charge in [-0.05, 0) is 56.6 Å². The van der Waals surface area contributed by atoms with Crippen molar-refractivity contribution in [1.29, 1.82) is 0 Å². The van der Waals surface area contributed by atoms with Crippen molar-refractivity contribution in [2.45, 2.75) is 32.4 Å². The maximum absolute atomic E-state index is 13.0. The highest BCUT2D eigenvalue weighted by Gasteiger charge is 2.21. The quantitative estimate of drug-likeness (QED) is 0.831. The van der Waals surface area contributed by atoms with E-state index in [9.17, 15) is 9.50 Å². The summed E-state index contributed by atoms with van der Waals surface area (Å²) in [5.74, 6) is 0.552. The highest BCUT2D eigenvalue weighted by Crippen LogP contribution is 2.31. The molecule has 1 atom stereocenters. The average Bonchev–Trinajstić information content (AvgIpc) is 2.61. The lowest BCUT2D eigenvalue weighted by atomic mass is 10.0. The number of hydrogen-bond acceptors (Lipinski definition) is 4. The lowest BCUT2D eigenvalue weighted by molar-refractivity contribution is 0.205. The molecule has 0 spiro atoms. The molecule has 0 radical (unpaired) electrons. The molecule has 0 aliphatic carbocycles. The minimum absolute atomic E-state index is 0.222. The van der Waals surface area contributed by atoms with Gasteiger partial charge in [-0.25, -0.2) is 4.39 Å². The molecule has 1 aliphatic heterocycles. The first-order chi connectivity index (χ1) is 12.2. The van der Waals surface area contributed by atoms with Gasteiger partial charge in [0.25, 0.3) is 0 Å². The topological polar surface area (TPSA) is 44.7 Å². The van der Waals surface area contributed by atoms with Gasteiger partial charge in [-0.3, -0.25) is 4.90 Å². The van der Waals surface area contributed by atoms with Crippen molar-refractivity contribution in [3.05, 3.63) is 53.8 Å². The lowest BCUT2D eigenvalue weighted by Gasteiger charge is -2.34. The number of nitrogens with zero attached hydrogens (tertiary/aromatic N) is 1. The Morgan fingerprint density at radius 1 is 1.24 bits per heavy atom. The summed E-state index contributed by atoms with van der Waals surface area (Å²) in [7, 11) is 0. The van der Waals surface area contributed by atoms with E-state index in [1.54, 1.807) is 18.2 Å². The summed E-state index contributed by atoms with van der Waals surface area (Å²) >= 11 is 0. The van der Waals surface area contributed by atoms with Crippen LogP contribution in [0.1, 0.15) is 25.3 Å². The van der Waals surface area contributed by atoms with Crippen molar-refractivity contribution in [3.8, 4) is 11.5 Å². The summed E-state index contributed by atoms with van der Waals surface area (Å²) in [6, 6.07) is 12.4. The molecule has 1 aliphatic rings. The van der Waals surface area contributed by atoms with Crippen molar-refractivity contribution in [1.82, 2.24) is 4.90 Å². The molecule has 2 N–H and O–H groups in total. The average molecular weight is 344 g/mol. The van der Waals surface area contributed by atoms with Gasteiger partial charge in [0.2, 0.25) is 0 Å². The second kappa shape index (κ2) is 8.21. The summed E-state index contributed by atoms with van der Waals surface area (Å²) in [5, 5.41) is 13.8. The van der Waals surface area contributed by atoms with Gasteiger partial charge in [-0.2, -0.15) is 0 Å². The van der Waals surface area contributed by atoms with Gasteiger partial charge in [-0.1, -0.05) is 12.1 Å². The first-order valence-electron chi connectivity index (χ1n) is 8.84. The Morgan fingerprint density at radius 2 is 2.04 bits per heavy atom. The molecule has 0 amide bonds. The third kappa shape index (κ3) is 4.63. The Kier molecular flexibility index (Phi) is 5.76. The molecular weight excluding hydrogens is 319 g/mol. The van der Waals surface area contributed by atoms with Crippen LogP contribution in [0.2, 0.25) is 0 Å². The van der Waals surface area contributed by atoms with Gasteiger partial charge in [-0.15, -0.1) is 0 Å². The second-order valence-electron chi connectivity index (χ2n) is 6.42. The van der Waals surface area contributed by atoms with E-state index in [1.165, 1.54) is 12.1 Å². The molecule has 1 heterocycles. The summed E-state index contributed by atoms with van der Waals surface area (Å²) in [6.45, 7) is 5.01. The van der Waals surface area contributed by atoms with E-state index >= 15 is 0 Å². The second-order valence-corrected chi connectivity index (χ2v) is 6.42. The fourth-order valence-electron chi connectivity index (χ4n) is 3.31. The van der Waals surface area contributed by atoms with Gasteiger partial charge < -0.3 is 15.2 Å². The van der Waals surface area contributed by atoms with Gasteiger partial charge in [0, 0.05) is 30.4 Å². The predicted octanol–water partition coefficient (Wildman–Crippen LogP) is 4.01. The van der Waals surface area contributed by atoms with Crippen LogP contribution in [-0.2, 0) is 6.54 Å². The van der Waals surface area contributed by atoms with Gasteiger partial charge in [0.05, 0.1) is 6.61 Å². The van der Waals surface area contributed by atoms with Gasteiger partial charge >= 0.3 is 0 Å². The first kappa shape index (κ1) is 17.5. The lowest BCUT2D eigenvalue weighted by Crippen LogP contribution is -2.41. The highest BCUT2D eigenvalue weighted by atomic mass is 19.1. The number of rotatable bonds is 6. The van der Waals surface area contributed by atoms with Gasteiger partial charge in [0.1, 0.15) is 5.82 Å².